The van der Waals surface area contributed by atoms with Crippen molar-refractivity contribution >= 4 is 11.6 Å². The molecule has 1 amide bonds. The van der Waals surface area contributed by atoms with Crippen molar-refractivity contribution in [2.75, 3.05) is 11.7 Å². The molecule has 4 nitrogen and oxygen atoms in total. The number of para-hydroxylation sites is 1. The quantitative estimate of drug-likeness (QED) is 0.532. The summed E-state index contributed by atoms with van der Waals surface area (Å²) < 4.78 is 0. The van der Waals surface area contributed by atoms with E-state index in [0.29, 0.717) is 12.2 Å². The van der Waals surface area contributed by atoms with Gasteiger partial charge in [-0.3, -0.25) is 9.80 Å². The topological polar surface area (TPSA) is 58.4 Å². The summed E-state index contributed by atoms with van der Waals surface area (Å²) in [5, 5.41) is 4.16. The van der Waals surface area contributed by atoms with Crippen molar-refractivity contribution in [3.63, 3.8) is 0 Å². The number of anilines is 1. The van der Waals surface area contributed by atoms with Gasteiger partial charge in [-0.25, -0.2) is 5.84 Å². The smallest absolute Gasteiger partial charge is 0.254 e. The number of nitrogens with two attached hydrogens (primary N) is 1. The Hall–Kier alpha value is -1.55. The molecule has 0 spiro atoms. The predicted octanol–water partition coefficient (Wildman–Crippen LogP) is 0.0676. The third-order valence-corrected chi connectivity index (χ3v) is 1.87. The second-order valence-corrected chi connectivity index (χ2v) is 2.65. The first kappa shape index (κ1) is 7.12. The summed E-state index contributed by atoms with van der Waals surface area (Å²) in [5.41, 5.74) is 1.41. The lowest BCUT2D eigenvalue weighted by Gasteiger charge is -2.26. The summed E-state index contributed by atoms with van der Waals surface area (Å²) in [5.74, 6) is 5.56. The minimum absolute atomic E-state index is 0.0627. The molecule has 1 aromatic carbocycles. The van der Waals surface area contributed by atoms with E-state index in [0.717, 1.165) is 5.69 Å². The van der Waals surface area contributed by atoms with E-state index >= 15 is 0 Å². The Labute approximate surface area is 69.9 Å². The van der Waals surface area contributed by atoms with Crippen LogP contribution in [0.15, 0.2) is 24.3 Å². The van der Waals surface area contributed by atoms with Crippen molar-refractivity contribution in [3.05, 3.63) is 29.8 Å². The molecule has 0 bridgehead atoms. The summed E-state index contributed by atoms with van der Waals surface area (Å²) in [7, 11) is 0. The van der Waals surface area contributed by atoms with E-state index < -0.39 is 0 Å². The number of nitrogens with one attached hydrogen (secondary N) is 1. The van der Waals surface area contributed by atoms with Crippen LogP contribution in [0.1, 0.15) is 10.4 Å². The number of nitrogens with zero attached hydrogens (tertiary/aromatic N) is 1. The minimum atomic E-state index is -0.0627. The Kier molecular flexibility index (Phi) is 1.48. The zero-order valence-electron chi connectivity index (χ0n) is 6.45. The predicted molar refractivity (Wildman–Crippen MR) is 45.4 cm³/mol. The number of hydrogen-bond acceptors (Lipinski definition) is 3. The van der Waals surface area contributed by atoms with E-state index in [1.165, 1.54) is 5.01 Å². The number of carbonyl (C=O) groups excluding carboxylic acids is 1. The summed E-state index contributed by atoms with van der Waals surface area (Å²) >= 11 is 0. The molecule has 0 aromatic heterocycles. The Bertz CT molecular complexity index is 324. The standard InChI is InChI=1S/C8H9N3O/c9-11-5-10-8(12)6-3-1-2-4-7(6)11/h1-4H,5,9H2,(H,10,12). The molecule has 62 valence electrons. The largest absolute Gasteiger partial charge is 0.333 e. The molecule has 0 unspecified atom stereocenters. The van der Waals surface area contributed by atoms with Crippen LogP contribution in [0.5, 0.6) is 0 Å². The molecule has 2 rings (SSSR count). The maximum Gasteiger partial charge on any atom is 0.254 e. The molecule has 0 fully saturated rings. The highest BCUT2D eigenvalue weighted by atomic mass is 16.2. The molecule has 12 heavy (non-hydrogen) atoms. The molecular formula is C8H9N3O. The van der Waals surface area contributed by atoms with Gasteiger partial charge in [0.05, 0.1) is 11.3 Å². The average Bonchev–Trinajstić information content (AvgIpc) is 2.12. The van der Waals surface area contributed by atoms with Gasteiger partial charge in [0.1, 0.15) is 6.67 Å². The summed E-state index contributed by atoms with van der Waals surface area (Å²) in [4.78, 5) is 11.2. The summed E-state index contributed by atoms with van der Waals surface area (Å²) in [6.45, 7) is 0.371. The average molecular weight is 163 g/mol. The molecule has 1 heterocycles. The monoisotopic (exact) mass is 163 g/mol. The SMILES string of the molecule is NN1CNC(=O)c2ccccc21. The minimum Gasteiger partial charge on any atom is -0.333 e. The lowest BCUT2D eigenvalue weighted by atomic mass is 10.1. The molecule has 0 saturated heterocycles. The van der Waals surface area contributed by atoms with Gasteiger partial charge in [-0.15, -0.1) is 0 Å². The Morgan fingerprint density at radius 2 is 2.17 bits per heavy atom. The van der Waals surface area contributed by atoms with E-state index in [1.54, 1.807) is 6.07 Å². The summed E-state index contributed by atoms with van der Waals surface area (Å²) in [6, 6.07) is 7.26. The van der Waals surface area contributed by atoms with Crippen molar-refractivity contribution in [2.45, 2.75) is 0 Å². The van der Waals surface area contributed by atoms with Crippen molar-refractivity contribution in [2.24, 2.45) is 5.84 Å². The highest BCUT2D eigenvalue weighted by Gasteiger charge is 2.18. The Morgan fingerprint density at radius 1 is 1.42 bits per heavy atom. The summed E-state index contributed by atoms with van der Waals surface area (Å²) in [6.07, 6.45) is 0. The number of benzene rings is 1. The third-order valence-electron chi connectivity index (χ3n) is 1.87. The second-order valence-electron chi connectivity index (χ2n) is 2.65. The molecule has 0 atom stereocenters. The fourth-order valence-corrected chi connectivity index (χ4v) is 1.25. The third kappa shape index (κ3) is 0.931. The first-order valence-electron chi connectivity index (χ1n) is 3.68. The van der Waals surface area contributed by atoms with E-state index in [-0.39, 0.29) is 5.91 Å². The lowest BCUT2D eigenvalue weighted by molar-refractivity contribution is 0.0947. The van der Waals surface area contributed by atoms with Crippen LogP contribution in [0.2, 0.25) is 0 Å². The highest BCUT2D eigenvalue weighted by molar-refractivity contribution is 6.01. The molecule has 1 aliphatic rings. The number of amides is 1. The molecule has 3 N–H and O–H groups in total. The van der Waals surface area contributed by atoms with Crippen LogP contribution in [0.4, 0.5) is 5.69 Å². The first-order valence-corrected chi connectivity index (χ1v) is 3.68. The molecule has 0 saturated carbocycles. The fourth-order valence-electron chi connectivity index (χ4n) is 1.25. The maximum atomic E-state index is 11.2. The van der Waals surface area contributed by atoms with Gasteiger partial charge < -0.3 is 5.32 Å². The van der Waals surface area contributed by atoms with Crippen molar-refractivity contribution < 1.29 is 4.79 Å². The van der Waals surface area contributed by atoms with E-state index in [2.05, 4.69) is 5.32 Å². The highest BCUT2D eigenvalue weighted by Crippen LogP contribution is 2.19. The van der Waals surface area contributed by atoms with Gasteiger partial charge in [0.2, 0.25) is 0 Å². The Morgan fingerprint density at radius 3 is 2.92 bits per heavy atom. The van der Waals surface area contributed by atoms with E-state index in [4.69, 9.17) is 5.84 Å². The molecule has 1 aromatic rings. The van der Waals surface area contributed by atoms with Crippen molar-refractivity contribution in [1.29, 1.82) is 0 Å². The van der Waals surface area contributed by atoms with Crippen LogP contribution in [-0.2, 0) is 0 Å². The first-order chi connectivity index (χ1) is 5.79. The van der Waals surface area contributed by atoms with E-state index in [9.17, 15) is 4.79 Å². The van der Waals surface area contributed by atoms with Crippen LogP contribution in [0, 0.1) is 0 Å². The van der Waals surface area contributed by atoms with Crippen molar-refractivity contribution in [1.82, 2.24) is 5.32 Å². The maximum absolute atomic E-state index is 11.2. The van der Waals surface area contributed by atoms with Gasteiger partial charge in [0.25, 0.3) is 5.91 Å². The molecule has 4 heteroatoms. The van der Waals surface area contributed by atoms with Gasteiger partial charge in [0, 0.05) is 0 Å². The van der Waals surface area contributed by atoms with Crippen molar-refractivity contribution in [3.8, 4) is 0 Å². The van der Waals surface area contributed by atoms with Gasteiger partial charge >= 0.3 is 0 Å². The van der Waals surface area contributed by atoms with Gasteiger partial charge in [-0.2, -0.15) is 0 Å². The van der Waals surface area contributed by atoms with E-state index in [1.807, 2.05) is 18.2 Å². The number of carbonyl (C=O) groups is 1. The van der Waals surface area contributed by atoms with Gasteiger partial charge in [0.15, 0.2) is 0 Å². The molecular weight excluding hydrogens is 154 g/mol. The second kappa shape index (κ2) is 2.49. The normalized spacial score (nSPS) is 15.4. The van der Waals surface area contributed by atoms with Gasteiger partial charge in [-0.05, 0) is 12.1 Å². The fraction of sp³-hybridized carbons (Fsp3) is 0.125. The molecule has 0 aliphatic carbocycles. The lowest BCUT2D eigenvalue weighted by Crippen LogP contribution is -2.47. The van der Waals surface area contributed by atoms with Crippen LogP contribution in [0.25, 0.3) is 0 Å². The molecule has 1 aliphatic heterocycles. The number of fused-ring (bicyclic) bond motifs is 1. The van der Waals surface area contributed by atoms with Gasteiger partial charge in [-0.1, -0.05) is 12.1 Å². The van der Waals surface area contributed by atoms with Crippen LogP contribution < -0.4 is 16.2 Å². The number of rotatable bonds is 0. The number of hydrazine groups is 1. The zero-order valence-corrected chi connectivity index (χ0v) is 6.45. The zero-order chi connectivity index (χ0) is 8.55. The number of hydrogen-bond donors (Lipinski definition) is 2. The van der Waals surface area contributed by atoms with Crippen LogP contribution in [0.3, 0.4) is 0 Å². The van der Waals surface area contributed by atoms with Crippen LogP contribution in [-0.4, -0.2) is 12.6 Å². The Balaban J connectivity index is 2.55. The van der Waals surface area contributed by atoms with Crippen LogP contribution >= 0.6 is 0 Å². The molecule has 0 radical (unpaired) electrons.